The molecule has 2 atom stereocenters. The van der Waals surface area contributed by atoms with E-state index in [1.165, 1.54) is 0 Å². The van der Waals surface area contributed by atoms with Crippen LogP contribution in [0, 0.1) is 5.92 Å². The van der Waals surface area contributed by atoms with Crippen LogP contribution in [-0.4, -0.2) is 56.0 Å². The third kappa shape index (κ3) is 4.62. The number of nitrogens with zero attached hydrogens (tertiary/aromatic N) is 1. The lowest BCUT2D eigenvalue weighted by molar-refractivity contribution is -0.123. The summed E-state index contributed by atoms with van der Waals surface area (Å²) in [5.74, 6) is 0.468. The summed E-state index contributed by atoms with van der Waals surface area (Å²) in [4.78, 5) is 27.1. The van der Waals surface area contributed by atoms with E-state index in [9.17, 15) is 9.59 Å². The van der Waals surface area contributed by atoms with Crippen molar-refractivity contribution in [3.63, 3.8) is 0 Å². The zero-order valence-corrected chi connectivity index (χ0v) is 15.5. The minimum Gasteiger partial charge on any atom is -0.380 e. The van der Waals surface area contributed by atoms with Gasteiger partial charge in [0.2, 0.25) is 5.91 Å². The Morgan fingerprint density at radius 2 is 2.12 bits per heavy atom. The molecule has 2 N–H and O–H groups in total. The summed E-state index contributed by atoms with van der Waals surface area (Å²) in [5, 5.41) is 6.29. The lowest BCUT2D eigenvalue weighted by atomic mass is 9.96. The van der Waals surface area contributed by atoms with Crippen LogP contribution in [0.15, 0.2) is 24.3 Å². The number of carbonyl (C=O) groups excluding carboxylic acids is 2. The van der Waals surface area contributed by atoms with E-state index in [2.05, 4.69) is 10.6 Å². The van der Waals surface area contributed by atoms with Crippen molar-refractivity contribution in [2.45, 2.75) is 38.3 Å². The van der Waals surface area contributed by atoms with Crippen LogP contribution in [0.5, 0.6) is 0 Å². The standard InChI is InChI=1S/C20H29N3O3/c1-26-14-16-7-2-3-8-17(16)20(25)23-11-5-6-15(13-23)12-22-19(24)18-9-4-10-21-18/h2-3,7-8,15,18,21H,4-6,9-14H2,1H3,(H,22,24). The van der Waals surface area contributed by atoms with Crippen LogP contribution in [0.2, 0.25) is 0 Å². The molecule has 0 radical (unpaired) electrons. The van der Waals surface area contributed by atoms with E-state index in [4.69, 9.17) is 4.74 Å². The molecule has 0 spiro atoms. The van der Waals surface area contributed by atoms with Crippen molar-refractivity contribution in [1.29, 1.82) is 0 Å². The number of likely N-dealkylation sites (tertiary alicyclic amines) is 1. The van der Waals surface area contributed by atoms with Gasteiger partial charge in [0, 0.05) is 32.3 Å². The SMILES string of the molecule is COCc1ccccc1C(=O)N1CCCC(CNC(=O)C2CCCN2)C1. The maximum atomic E-state index is 13.0. The molecule has 0 bridgehead atoms. The molecule has 1 aromatic rings. The zero-order chi connectivity index (χ0) is 18.4. The highest BCUT2D eigenvalue weighted by molar-refractivity contribution is 5.95. The van der Waals surface area contributed by atoms with E-state index < -0.39 is 0 Å². The molecule has 1 aromatic carbocycles. The minimum atomic E-state index is -0.0442. The molecule has 6 nitrogen and oxygen atoms in total. The summed E-state index contributed by atoms with van der Waals surface area (Å²) < 4.78 is 5.22. The normalized spacial score (nSPS) is 23.0. The van der Waals surface area contributed by atoms with Crippen molar-refractivity contribution in [2.75, 3.05) is 33.3 Å². The van der Waals surface area contributed by atoms with Gasteiger partial charge in [-0.25, -0.2) is 0 Å². The molecular formula is C20H29N3O3. The molecule has 0 saturated carbocycles. The fourth-order valence-electron chi connectivity index (χ4n) is 3.87. The van der Waals surface area contributed by atoms with Crippen LogP contribution in [0.4, 0.5) is 0 Å². The molecule has 2 fully saturated rings. The van der Waals surface area contributed by atoms with Crippen molar-refractivity contribution in [2.24, 2.45) is 5.92 Å². The number of ether oxygens (including phenoxy) is 1. The van der Waals surface area contributed by atoms with Gasteiger partial charge in [-0.3, -0.25) is 9.59 Å². The van der Waals surface area contributed by atoms with Gasteiger partial charge in [-0.1, -0.05) is 18.2 Å². The Morgan fingerprint density at radius 1 is 1.27 bits per heavy atom. The average molecular weight is 359 g/mol. The molecule has 2 aliphatic heterocycles. The first-order chi connectivity index (χ1) is 12.7. The molecule has 2 saturated heterocycles. The third-order valence-corrected chi connectivity index (χ3v) is 5.30. The summed E-state index contributed by atoms with van der Waals surface area (Å²) in [6.07, 6.45) is 3.99. The van der Waals surface area contributed by atoms with Gasteiger partial charge in [0.05, 0.1) is 12.6 Å². The van der Waals surface area contributed by atoms with Crippen molar-refractivity contribution in [1.82, 2.24) is 15.5 Å². The second-order valence-corrected chi connectivity index (χ2v) is 7.24. The number of methoxy groups -OCH3 is 1. The molecule has 2 aliphatic rings. The van der Waals surface area contributed by atoms with Gasteiger partial charge in [-0.2, -0.15) is 0 Å². The lowest BCUT2D eigenvalue weighted by Crippen LogP contribution is -2.46. The number of amides is 2. The van der Waals surface area contributed by atoms with Gasteiger partial charge in [0.1, 0.15) is 0 Å². The Balaban J connectivity index is 1.56. The summed E-state index contributed by atoms with van der Waals surface area (Å²) in [6.45, 7) is 3.46. The van der Waals surface area contributed by atoms with E-state index in [1.54, 1.807) is 7.11 Å². The Labute approximate surface area is 155 Å². The fourth-order valence-corrected chi connectivity index (χ4v) is 3.87. The highest BCUT2D eigenvalue weighted by atomic mass is 16.5. The van der Waals surface area contributed by atoms with Crippen LogP contribution in [-0.2, 0) is 16.1 Å². The molecule has 3 rings (SSSR count). The van der Waals surface area contributed by atoms with E-state index >= 15 is 0 Å². The fraction of sp³-hybridized carbons (Fsp3) is 0.600. The topological polar surface area (TPSA) is 70.7 Å². The maximum Gasteiger partial charge on any atom is 0.254 e. The number of nitrogens with one attached hydrogen (secondary N) is 2. The van der Waals surface area contributed by atoms with Gasteiger partial charge in [-0.05, 0) is 49.8 Å². The quantitative estimate of drug-likeness (QED) is 0.809. The summed E-state index contributed by atoms with van der Waals surface area (Å²) in [7, 11) is 1.64. The summed E-state index contributed by atoms with van der Waals surface area (Å²) in [5.41, 5.74) is 1.64. The molecule has 26 heavy (non-hydrogen) atoms. The summed E-state index contributed by atoms with van der Waals surface area (Å²) in [6, 6.07) is 7.58. The van der Waals surface area contributed by atoms with Crippen LogP contribution >= 0.6 is 0 Å². The predicted molar refractivity (Wildman–Crippen MR) is 99.8 cm³/mol. The predicted octanol–water partition coefficient (Wildman–Crippen LogP) is 1.55. The number of benzene rings is 1. The summed E-state index contributed by atoms with van der Waals surface area (Å²) >= 11 is 0. The number of hydrogen-bond donors (Lipinski definition) is 2. The smallest absolute Gasteiger partial charge is 0.254 e. The number of rotatable bonds is 6. The molecule has 6 heteroatoms. The van der Waals surface area contributed by atoms with Crippen LogP contribution < -0.4 is 10.6 Å². The van der Waals surface area contributed by atoms with E-state index in [-0.39, 0.29) is 17.9 Å². The Morgan fingerprint density at radius 3 is 2.88 bits per heavy atom. The molecule has 0 aliphatic carbocycles. The molecule has 2 amide bonds. The maximum absolute atomic E-state index is 13.0. The Hall–Kier alpha value is -1.92. The van der Waals surface area contributed by atoms with E-state index in [1.807, 2.05) is 29.2 Å². The molecule has 2 heterocycles. The molecular weight excluding hydrogens is 330 g/mol. The highest BCUT2D eigenvalue weighted by Crippen LogP contribution is 2.20. The second kappa shape index (κ2) is 9.14. The van der Waals surface area contributed by atoms with Crippen molar-refractivity contribution < 1.29 is 14.3 Å². The van der Waals surface area contributed by atoms with Gasteiger partial charge >= 0.3 is 0 Å². The largest absolute Gasteiger partial charge is 0.380 e. The van der Waals surface area contributed by atoms with Gasteiger partial charge < -0.3 is 20.3 Å². The first-order valence-electron chi connectivity index (χ1n) is 9.56. The van der Waals surface area contributed by atoms with E-state index in [0.717, 1.165) is 44.3 Å². The highest BCUT2D eigenvalue weighted by Gasteiger charge is 2.27. The van der Waals surface area contributed by atoms with Crippen molar-refractivity contribution in [3.05, 3.63) is 35.4 Å². The second-order valence-electron chi connectivity index (χ2n) is 7.24. The van der Waals surface area contributed by atoms with Gasteiger partial charge in [0.15, 0.2) is 0 Å². The Bertz CT molecular complexity index is 628. The first-order valence-corrected chi connectivity index (χ1v) is 9.56. The van der Waals surface area contributed by atoms with Gasteiger partial charge in [0.25, 0.3) is 5.91 Å². The van der Waals surface area contributed by atoms with Crippen molar-refractivity contribution >= 4 is 11.8 Å². The number of piperidine rings is 1. The van der Waals surface area contributed by atoms with Crippen LogP contribution in [0.3, 0.4) is 0 Å². The minimum absolute atomic E-state index is 0.0442. The van der Waals surface area contributed by atoms with Crippen LogP contribution in [0.25, 0.3) is 0 Å². The lowest BCUT2D eigenvalue weighted by Gasteiger charge is -2.33. The monoisotopic (exact) mass is 359 g/mol. The molecule has 2 unspecified atom stereocenters. The molecule has 142 valence electrons. The van der Waals surface area contributed by atoms with E-state index in [0.29, 0.717) is 31.2 Å². The number of carbonyl (C=O) groups is 2. The number of hydrogen-bond acceptors (Lipinski definition) is 4. The van der Waals surface area contributed by atoms with Gasteiger partial charge in [-0.15, -0.1) is 0 Å². The molecule has 0 aromatic heterocycles. The zero-order valence-electron chi connectivity index (χ0n) is 15.5. The average Bonchev–Trinajstić information content (AvgIpc) is 3.21. The third-order valence-electron chi connectivity index (χ3n) is 5.30. The first kappa shape index (κ1) is 18.9. The Kier molecular flexibility index (Phi) is 6.63. The van der Waals surface area contributed by atoms with Crippen molar-refractivity contribution in [3.8, 4) is 0 Å². The van der Waals surface area contributed by atoms with Crippen LogP contribution in [0.1, 0.15) is 41.6 Å².